The first-order chi connectivity index (χ1) is 19.7. The van der Waals surface area contributed by atoms with Crippen LogP contribution in [0.2, 0.25) is 0 Å². The van der Waals surface area contributed by atoms with Gasteiger partial charge in [-0.1, -0.05) is 66.2 Å². The Bertz CT molecular complexity index is 1180. The van der Waals surface area contributed by atoms with Crippen LogP contribution >= 0.6 is 0 Å². The van der Waals surface area contributed by atoms with Crippen molar-refractivity contribution in [1.29, 1.82) is 0 Å². The van der Waals surface area contributed by atoms with Crippen LogP contribution < -0.4 is 0 Å². The van der Waals surface area contributed by atoms with Gasteiger partial charge in [0.15, 0.2) is 11.8 Å². The van der Waals surface area contributed by atoms with E-state index in [-0.39, 0.29) is 0 Å². The molecule has 2 aliphatic heterocycles. The SMILES string of the molecule is CCC.CCC.[B][B]B([B])C(=C(C#CC)C(C)=C(C#C)C(C)=C(C)C(C)=C1CC(C)C(C)N1C)C1=[N+](C)C(C)C(C)C1. The van der Waals surface area contributed by atoms with Gasteiger partial charge in [-0.3, -0.25) is 0 Å². The molecule has 2 aliphatic rings. The van der Waals surface area contributed by atoms with E-state index >= 15 is 0 Å². The van der Waals surface area contributed by atoms with Gasteiger partial charge in [0.25, 0.3) is 0 Å². The average molecular weight is 562 g/mol. The van der Waals surface area contributed by atoms with Crippen LogP contribution in [0.5, 0.6) is 0 Å². The number of hydrogen-bond donors (Lipinski definition) is 0. The standard InChI is InChI=1S/C30H42B4N2.2C3H8/c1-13-15-27(30(34(32)33-31)29-17-19(4)25(10)36(29)12)23(8)26(14-2)21(6)20(5)22(7)28-16-18(3)24(9)35(28)11;2*1-3-2/h2,18-19,24-25H,16-17H2,1,3-12H3;2*3H2,1-2H3/q+1;;. The Morgan fingerprint density at radius 3 is 1.83 bits per heavy atom. The first-order valence-corrected chi connectivity index (χ1v) is 16.0. The Balaban J connectivity index is 0.00000257. The molecule has 0 N–H and O–H groups in total. The molecule has 4 atom stereocenters. The summed E-state index contributed by atoms with van der Waals surface area (Å²) in [7, 11) is 18.5. The number of nitrogens with zero attached hydrogens (tertiary/aromatic N) is 2. The molecular formula is C36H58B4N2+. The van der Waals surface area contributed by atoms with Crippen molar-refractivity contribution in [3.05, 3.63) is 44.6 Å². The van der Waals surface area contributed by atoms with Crippen LogP contribution in [-0.2, 0) is 0 Å². The van der Waals surface area contributed by atoms with E-state index in [1.165, 1.54) is 35.4 Å². The summed E-state index contributed by atoms with van der Waals surface area (Å²) in [5.74, 6) is 10.6. The largest absolute Gasteiger partial charge is 0.375 e. The van der Waals surface area contributed by atoms with Crippen molar-refractivity contribution in [3.8, 4) is 24.2 Å². The van der Waals surface area contributed by atoms with Crippen molar-refractivity contribution in [3.63, 3.8) is 0 Å². The van der Waals surface area contributed by atoms with E-state index in [9.17, 15) is 0 Å². The van der Waals surface area contributed by atoms with Crippen molar-refractivity contribution >= 4 is 34.7 Å². The molecule has 42 heavy (non-hydrogen) atoms. The smallest absolute Gasteiger partial charge is 0.170 e. The Kier molecular flexibility index (Phi) is 18.2. The average Bonchev–Trinajstić information content (AvgIpc) is 3.36. The highest BCUT2D eigenvalue weighted by molar-refractivity contribution is 7.49. The molecule has 0 aromatic heterocycles. The third kappa shape index (κ3) is 9.66. The second-order valence-electron chi connectivity index (χ2n) is 12.3. The molecule has 0 spiro atoms. The first kappa shape index (κ1) is 39.8. The van der Waals surface area contributed by atoms with Crippen molar-refractivity contribution < 1.29 is 4.58 Å². The molecule has 0 bridgehead atoms. The minimum Gasteiger partial charge on any atom is -0.375 e. The number of rotatable bonds is 6. The molecule has 2 heterocycles. The van der Waals surface area contributed by atoms with Crippen molar-refractivity contribution in [2.75, 3.05) is 14.1 Å². The summed E-state index contributed by atoms with van der Waals surface area (Å²) in [4.78, 5) is 2.42. The minimum absolute atomic E-state index is 0.415. The monoisotopic (exact) mass is 562 g/mol. The lowest BCUT2D eigenvalue weighted by molar-refractivity contribution is -0.530. The normalized spacial score (nSPS) is 24.4. The Morgan fingerprint density at radius 1 is 0.952 bits per heavy atom. The maximum Gasteiger partial charge on any atom is 0.170 e. The molecule has 0 aliphatic carbocycles. The van der Waals surface area contributed by atoms with E-state index in [0.29, 0.717) is 23.9 Å². The first-order valence-electron chi connectivity index (χ1n) is 16.0. The number of hydrogen-bond acceptors (Lipinski definition) is 1. The van der Waals surface area contributed by atoms with Gasteiger partial charge in [-0.15, -0.1) is 12.3 Å². The molecule has 5 radical (unpaired) electrons. The molecular weight excluding hydrogens is 504 g/mol. The quantitative estimate of drug-likeness (QED) is 0.140. The number of terminal acetylenes is 1. The van der Waals surface area contributed by atoms with Gasteiger partial charge >= 0.3 is 0 Å². The molecule has 4 unspecified atom stereocenters. The Labute approximate surface area is 266 Å². The molecule has 223 valence electrons. The van der Waals surface area contributed by atoms with Gasteiger partial charge < -0.3 is 4.90 Å². The fourth-order valence-corrected chi connectivity index (χ4v) is 5.61. The summed E-state index contributed by atoms with van der Waals surface area (Å²) in [6, 6.07) is 0.946. The van der Waals surface area contributed by atoms with Gasteiger partial charge in [-0.25, -0.2) is 4.58 Å². The van der Waals surface area contributed by atoms with Crippen LogP contribution in [0.25, 0.3) is 0 Å². The van der Waals surface area contributed by atoms with Gasteiger partial charge in [-0.2, -0.15) is 0 Å². The lowest BCUT2D eigenvalue weighted by Gasteiger charge is -2.23. The zero-order valence-corrected chi connectivity index (χ0v) is 29.9. The van der Waals surface area contributed by atoms with E-state index < -0.39 is 6.49 Å². The Hall–Kier alpha value is -2.19. The van der Waals surface area contributed by atoms with Crippen molar-refractivity contribution in [1.82, 2.24) is 4.90 Å². The fraction of sp³-hybridized carbons (Fsp3) is 0.639. The van der Waals surface area contributed by atoms with E-state index in [1.54, 1.807) is 7.06 Å². The van der Waals surface area contributed by atoms with Crippen LogP contribution in [0.3, 0.4) is 0 Å². The van der Waals surface area contributed by atoms with Gasteiger partial charge in [0.2, 0.25) is 0 Å². The molecule has 2 rings (SSSR count). The molecule has 0 amide bonds. The zero-order valence-electron chi connectivity index (χ0n) is 29.9. The lowest BCUT2D eigenvalue weighted by Crippen LogP contribution is -2.35. The van der Waals surface area contributed by atoms with Crippen LogP contribution in [0.4, 0.5) is 0 Å². The number of likely N-dealkylation sites (tertiary alicyclic amines) is 1. The summed E-state index contributed by atoms with van der Waals surface area (Å²) >= 11 is 0. The van der Waals surface area contributed by atoms with Crippen LogP contribution in [0.15, 0.2) is 44.6 Å². The van der Waals surface area contributed by atoms with Crippen molar-refractivity contribution in [2.45, 2.75) is 128 Å². The second kappa shape index (κ2) is 19.2. The zero-order chi connectivity index (χ0) is 32.9. The second-order valence-corrected chi connectivity index (χ2v) is 12.3. The topological polar surface area (TPSA) is 6.25 Å². The van der Waals surface area contributed by atoms with Crippen LogP contribution in [0, 0.1) is 36.0 Å². The highest BCUT2D eigenvalue weighted by Crippen LogP contribution is 2.36. The lowest BCUT2D eigenvalue weighted by atomic mass is 9.02. The summed E-state index contributed by atoms with van der Waals surface area (Å²) in [5.41, 5.74) is 9.94. The van der Waals surface area contributed by atoms with Gasteiger partial charge in [0.05, 0.1) is 6.49 Å². The maximum atomic E-state index is 6.62. The molecule has 2 nitrogen and oxygen atoms in total. The minimum atomic E-state index is -0.436. The van der Waals surface area contributed by atoms with Crippen molar-refractivity contribution in [2.24, 2.45) is 11.8 Å². The van der Waals surface area contributed by atoms with E-state index in [1.807, 2.05) is 6.92 Å². The third-order valence-corrected chi connectivity index (χ3v) is 8.95. The Morgan fingerprint density at radius 2 is 1.48 bits per heavy atom. The molecule has 0 aromatic rings. The summed E-state index contributed by atoms with van der Waals surface area (Å²) in [6.45, 7) is 27.7. The predicted molar refractivity (Wildman–Crippen MR) is 193 cm³/mol. The van der Waals surface area contributed by atoms with E-state index in [0.717, 1.165) is 40.6 Å². The molecule has 1 fully saturated rings. The van der Waals surface area contributed by atoms with E-state index in [2.05, 4.69) is 124 Å². The summed E-state index contributed by atoms with van der Waals surface area (Å²) < 4.78 is 2.32. The third-order valence-electron chi connectivity index (χ3n) is 8.95. The van der Waals surface area contributed by atoms with Crippen LogP contribution in [-0.4, -0.2) is 70.4 Å². The molecule has 0 saturated carbocycles. The number of allylic oxidation sites excluding steroid dienone is 8. The molecule has 1 saturated heterocycles. The highest BCUT2D eigenvalue weighted by Gasteiger charge is 2.38. The predicted octanol–water partition coefficient (Wildman–Crippen LogP) is 7.55. The molecule has 0 aromatic carbocycles. The maximum absolute atomic E-state index is 6.62. The molecule has 6 heteroatoms. The van der Waals surface area contributed by atoms with Crippen LogP contribution in [0.1, 0.15) is 116 Å². The van der Waals surface area contributed by atoms with Gasteiger partial charge in [0.1, 0.15) is 7.05 Å². The van der Waals surface area contributed by atoms with Gasteiger partial charge in [0, 0.05) is 64.8 Å². The van der Waals surface area contributed by atoms with Gasteiger partial charge in [-0.05, 0) is 88.6 Å². The fourth-order valence-electron chi connectivity index (χ4n) is 5.61. The summed E-state index contributed by atoms with van der Waals surface area (Å²) in [5, 5.41) is 0. The summed E-state index contributed by atoms with van der Waals surface area (Å²) in [6.07, 6.45) is 10.7. The van der Waals surface area contributed by atoms with E-state index in [4.69, 9.17) is 21.9 Å². The highest BCUT2D eigenvalue weighted by atomic mass is 15.2.